The van der Waals surface area contributed by atoms with E-state index in [0.29, 0.717) is 32.6 Å². The smallest absolute Gasteiger partial charge is 0.243 e. The quantitative estimate of drug-likeness (QED) is 0.672. The van der Waals surface area contributed by atoms with Crippen LogP contribution in [0.1, 0.15) is 31.4 Å². The predicted molar refractivity (Wildman–Crippen MR) is 112 cm³/mol. The fourth-order valence-corrected chi connectivity index (χ4v) is 5.40. The molecule has 2 aromatic rings. The number of rotatable bonds is 8. The van der Waals surface area contributed by atoms with Gasteiger partial charge in [0.2, 0.25) is 15.9 Å². The third-order valence-electron chi connectivity index (χ3n) is 5.19. The maximum Gasteiger partial charge on any atom is 0.243 e. The number of carbonyl (C=O) groups is 1. The van der Waals surface area contributed by atoms with Crippen molar-refractivity contribution in [2.75, 3.05) is 26.3 Å². The first-order chi connectivity index (χ1) is 14.0. The molecule has 1 aliphatic heterocycles. The predicted octanol–water partition coefficient (Wildman–Crippen LogP) is 2.98. The molecule has 0 unspecified atom stereocenters. The minimum Gasteiger partial charge on any atom is -0.380 e. The SMILES string of the molecule is CCOCCNC(=O)[C@@H]1CC[C@H](c2ccccc2)N(S(=O)(=O)c2ccccc2)C1. The average molecular weight is 417 g/mol. The summed E-state index contributed by atoms with van der Waals surface area (Å²) in [4.78, 5) is 12.9. The fraction of sp³-hybridized carbons (Fsp3) is 0.409. The zero-order chi connectivity index (χ0) is 20.7. The van der Waals surface area contributed by atoms with E-state index < -0.39 is 10.0 Å². The van der Waals surface area contributed by atoms with Crippen LogP contribution in [0, 0.1) is 5.92 Å². The highest BCUT2D eigenvalue weighted by Crippen LogP contribution is 2.37. The Morgan fingerprint density at radius 3 is 2.38 bits per heavy atom. The summed E-state index contributed by atoms with van der Waals surface area (Å²) in [6.45, 7) is 3.54. The largest absolute Gasteiger partial charge is 0.380 e. The summed E-state index contributed by atoms with van der Waals surface area (Å²) < 4.78 is 33.6. The normalized spacial score (nSPS) is 20.3. The van der Waals surface area contributed by atoms with E-state index in [2.05, 4.69) is 5.32 Å². The lowest BCUT2D eigenvalue weighted by molar-refractivity contribution is -0.126. The van der Waals surface area contributed by atoms with Crippen molar-refractivity contribution in [2.45, 2.75) is 30.7 Å². The third kappa shape index (κ3) is 5.23. The van der Waals surface area contributed by atoms with Crippen molar-refractivity contribution in [1.29, 1.82) is 0 Å². The maximum atomic E-state index is 13.4. The number of nitrogens with one attached hydrogen (secondary N) is 1. The first-order valence-corrected chi connectivity index (χ1v) is 11.5. The van der Waals surface area contributed by atoms with Gasteiger partial charge in [0.15, 0.2) is 0 Å². The van der Waals surface area contributed by atoms with E-state index >= 15 is 0 Å². The van der Waals surface area contributed by atoms with Crippen LogP contribution in [0.3, 0.4) is 0 Å². The second kappa shape index (κ2) is 10.0. The van der Waals surface area contributed by atoms with Gasteiger partial charge in [-0.1, -0.05) is 48.5 Å². The minimum absolute atomic E-state index is 0.121. The Hall–Kier alpha value is -2.22. The lowest BCUT2D eigenvalue weighted by atomic mass is 9.90. The molecule has 1 N–H and O–H groups in total. The van der Waals surface area contributed by atoms with Gasteiger partial charge in [0.05, 0.1) is 23.5 Å². The van der Waals surface area contributed by atoms with Crippen molar-refractivity contribution in [2.24, 2.45) is 5.92 Å². The molecular formula is C22H28N2O4S. The number of sulfonamides is 1. The Labute approximate surface area is 172 Å². The molecule has 6 nitrogen and oxygen atoms in total. The van der Waals surface area contributed by atoms with Crippen molar-refractivity contribution >= 4 is 15.9 Å². The van der Waals surface area contributed by atoms with E-state index in [9.17, 15) is 13.2 Å². The summed E-state index contributed by atoms with van der Waals surface area (Å²) in [6, 6.07) is 17.8. The van der Waals surface area contributed by atoms with Gasteiger partial charge in [-0.2, -0.15) is 4.31 Å². The van der Waals surface area contributed by atoms with Gasteiger partial charge in [0.1, 0.15) is 0 Å². The molecule has 1 saturated heterocycles. The summed E-state index contributed by atoms with van der Waals surface area (Å²) in [7, 11) is -3.73. The van der Waals surface area contributed by atoms with Crippen molar-refractivity contribution in [3.63, 3.8) is 0 Å². The highest BCUT2D eigenvalue weighted by Gasteiger charge is 2.39. The van der Waals surface area contributed by atoms with Crippen LogP contribution in [0.25, 0.3) is 0 Å². The molecule has 0 aliphatic carbocycles. The molecule has 0 saturated carbocycles. The lowest BCUT2D eigenvalue weighted by Gasteiger charge is -2.38. The number of piperidine rings is 1. The van der Waals surface area contributed by atoms with Crippen LogP contribution in [0.2, 0.25) is 0 Å². The molecular weight excluding hydrogens is 388 g/mol. The molecule has 3 rings (SSSR count). The Morgan fingerprint density at radius 1 is 1.07 bits per heavy atom. The molecule has 29 heavy (non-hydrogen) atoms. The molecule has 7 heteroatoms. The highest BCUT2D eigenvalue weighted by molar-refractivity contribution is 7.89. The summed E-state index contributed by atoms with van der Waals surface area (Å²) in [5.41, 5.74) is 0.946. The van der Waals surface area contributed by atoms with Crippen LogP contribution in [0.15, 0.2) is 65.6 Å². The minimum atomic E-state index is -3.73. The van der Waals surface area contributed by atoms with Crippen LogP contribution in [0.5, 0.6) is 0 Å². The van der Waals surface area contributed by atoms with Crippen LogP contribution in [0.4, 0.5) is 0 Å². The third-order valence-corrected chi connectivity index (χ3v) is 7.08. The van der Waals surface area contributed by atoms with Crippen LogP contribution < -0.4 is 5.32 Å². The Balaban J connectivity index is 1.83. The molecule has 1 heterocycles. The average Bonchev–Trinajstić information content (AvgIpc) is 2.77. The standard InChI is InChI=1S/C22H28N2O4S/c1-2-28-16-15-23-22(25)19-13-14-21(18-9-5-3-6-10-18)24(17-19)29(26,27)20-11-7-4-8-12-20/h3-12,19,21H,2,13-17H2,1H3,(H,23,25)/t19-,21-/m1/s1. The van der Waals surface area contributed by atoms with E-state index in [4.69, 9.17) is 4.74 Å². The molecule has 0 radical (unpaired) electrons. The van der Waals surface area contributed by atoms with Gasteiger partial charge in [0.25, 0.3) is 0 Å². The van der Waals surface area contributed by atoms with E-state index in [-0.39, 0.29) is 29.3 Å². The first kappa shape index (κ1) is 21.5. The molecule has 2 aromatic carbocycles. The maximum absolute atomic E-state index is 13.4. The molecule has 2 atom stereocenters. The van der Waals surface area contributed by atoms with E-state index in [1.54, 1.807) is 30.3 Å². The summed E-state index contributed by atoms with van der Waals surface area (Å²) in [5.74, 6) is -0.500. The Bertz CT molecular complexity index is 888. The number of ether oxygens (including phenoxy) is 1. The summed E-state index contributed by atoms with van der Waals surface area (Å²) >= 11 is 0. The fourth-order valence-electron chi connectivity index (χ4n) is 3.69. The van der Waals surface area contributed by atoms with E-state index in [1.165, 1.54) is 4.31 Å². The zero-order valence-electron chi connectivity index (χ0n) is 16.7. The van der Waals surface area contributed by atoms with E-state index in [0.717, 1.165) is 5.56 Å². The number of hydrogen-bond donors (Lipinski definition) is 1. The number of hydrogen-bond acceptors (Lipinski definition) is 4. The Morgan fingerprint density at radius 2 is 1.72 bits per heavy atom. The van der Waals surface area contributed by atoms with Gasteiger partial charge in [0, 0.05) is 19.7 Å². The number of nitrogens with zero attached hydrogens (tertiary/aromatic N) is 1. The molecule has 156 valence electrons. The van der Waals surface area contributed by atoms with Gasteiger partial charge in [-0.05, 0) is 37.5 Å². The zero-order valence-corrected chi connectivity index (χ0v) is 17.5. The van der Waals surface area contributed by atoms with Crippen LogP contribution in [-0.2, 0) is 19.6 Å². The lowest BCUT2D eigenvalue weighted by Crippen LogP contribution is -2.47. The topological polar surface area (TPSA) is 75.7 Å². The molecule has 1 amide bonds. The van der Waals surface area contributed by atoms with Crippen molar-refractivity contribution < 1.29 is 17.9 Å². The van der Waals surface area contributed by atoms with Crippen LogP contribution in [-0.4, -0.2) is 44.9 Å². The van der Waals surface area contributed by atoms with Crippen molar-refractivity contribution in [1.82, 2.24) is 9.62 Å². The molecule has 1 fully saturated rings. The highest BCUT2D eigenvalue weighted by atomic mass is 32.2. The molecule has 1 aliphatic rings. The molecule has 0 bridgehead atoms. The first-order valence-electron chi connectivity index (χ1n) is 10.0. The number of carbonyl (C=O) groups excluding carboxylic acids is 1. The second-order valence-corrected chi connectivity index (χ2v) is 8.97. The molecule has 0 aromatic heterocycles. The summed E-state index contributed by atoms with van der Waals surface area (Å²) in [5, 5.41) is 2.87. The number of benzene rings is 2. The number of amides is 1. The van der Waals surface area contributed by atoms with Gasteiger partial charge in [-0.25, -0.2) is 8.42 Å². The molecule has 0 spiro atoms. The summed E-state index contributed by atoms with van der Waals surface area (Å²) in [6.07, 6.45) is 1.24. The Kier molecular flexibility index (Phi) is 7.41. The van der Waals surface area contributed by atoms with Crippen molar-refractivity contribution in [3.8, 4) is 0 Å². The second-order valence-electron chi connectivity index (χ2n) is 7.08. The van der Waals surface area contributed by atoms with Gasteiger partial charge < -0.3 is 10.1 Å². The van der Waals surface area contributed by atoms with Crippen LogP contribution >= 0.6 is 0 Å². The van der Waals surface area contributed by atoms with E-state index in [1.807, 2.05) is 37.3 Å². The van der Waals surface area contributed by atoms with Gasteiger partial charge in [-0.15, -0.1) is 0 Å². The van der Waals surface area contributed by atoms with Crippen molar-refractivity contribution in [3.05, 3.63) is 66.2 Å². The van der Waals surface area contributed by atoms with Gasteiger partial charge in [-0.3, -0.25) is 4.79 Å². The van der Waals surface area contributed by atoms with Gasteiger partial charge >= 0.3 is 0 Å². The monoisotopic (exact) mass is 416 g/mol.